The van der Waals surface area contributed by atoms with Gasteiger partial charge in [-0.2, -0.15) is 8.75 Å². The van der Waals surface area contributed by atoms with E-state index in [0.717, 1.165) is 17.2 Å². The van der Waals surface area contributed by atoms with Crippen LogP contribution in [0.1, 0.15) is 11.1 Å². The van der Waals surface area contributed by atoms with Crippen LogP contribution in [0.15, 0.2) is 36.4 Å². The Morgan fingerprint density at radius 3 is 2.42 bits per heavy atom. The third-order valence-corrected chi connectivity index (χ3v) is 4.62. The highest BCUT2D eigenvalue weighted by molar-refractivity contribution is 7.00. The van der Waals surface area contributed by atoms with Crippen molar-refractivity contribution in [2.75, 3.05) is 14.2 Å². The smallest absolute Gasteiger partial charge is 0.347 e. The number of carbonyl (C=O) groups excluding carboxylic acids is 2. The number of aromatic nitrogens is 2. The van der Waals surface area contributed by atoms with E-state index >= 15 is 0 Å². The van der Waals surface area contributed by atoms with Gasteiger partial charge in [-0.1, -0.05) is 6.07 Å². The molecule has 0 atom stereocenters. The monoisotopic (exact) mass is 368 g/mol. The number of ether oxygens (including phenoxy) is 3. The van der Waals surface area contributed by atoms with E-state index in [-0.39, 0.29) is 11.1 Å². The minimum atomic E-state index is -0.718. The van der Waals surface area contributed by atoms with E-state index < -0.39 is 11.9 Å². The standard InChI is InChI=1S/C18H12N2O5S/c1-23-10-4-5-11(14(8-10)24-2)16-15(17(21)25-18(16)22)9-3-6-12-13(7-9)20-26-19-12/h3-8H,1-2H3. The highest BCUT2D eigenvalue weighted by Crippen LogP contribution is 2.39. The normalized spacial score (nSPS) is 14.1. The predicted molar refractivity (Wildman–Crippen MR) is 94.9 cm³/mol. The lowest BCUT2D eigenvalue weighted by molar-refractivity contribution is -0.149. The van der Waals surface area contributed by atoms with Gasteiger partial charge < -0.3 is 14.2 Å². The average molecular weight is 368 g/mol. The van der Waals surface area contributed by atoms with Crippen LogP contribution in [-0.2, 0) is 14.3 Å². The lowest BCUT2D eigenvalue weighted by atomic mass is 9.95. The Morgan fingerprint density at radius 2 is 1.65 bits per heavy atom. The summed E-state index contributed by atoms with van der Waals surface area (Å²) in [5.41, 5.74) is 2.68. The van der Waals surface area contributed by atoms with E-state index in [1.54, 1.807) is 36.4 Å². The van der Waals surface area contributed by atoms with Crippen LogP contribution < -0.4 is 9.47 Å². The fourth-order valence-electron chi connectivity index (χ4n) is 2.84. The molecular weight excluding hydrogens is 356 g/mol. The third kappa shape index (κ3) is 2.51. The maximum atomic E-state index is 12.4. The van der Waals surface area contributed by atoms with Gasteiger partial charge in [0.25, 0.3) is 0 Å². The Labute approximate surface area is 152 Å². The number of fused-ring (bicyclic) bond motifs is 1. The van der Waals surface area contributed by atoms with Gasteiger partial charge in [0.1, 0.15) is 22.5 Å². The highest BCUT2D eigenvalue weighted by atomic mass is 32.1. The van der Waals surface area contributed by atoms with Crippen molar-refractivity contribution in [3.05, 3.63) is 47.5 Å². The SMILES string of the molecule is COc1ccc(C2=C(c3ccc4nsnc4c3)C(=O)OC2=O)c(OC)c1. The molecule has 2 aromatic carbocycles. The molecule has 0 unspecified atom stereocenters. The summed E-state index contributed by atoms with van der Waals surface area (Å²) in [7, 11) is 3.01. The van der Waals surface area contributed by atoms with Gasteiger partial charge in [-0.25, -0.2) is 9.59 Å². The summed E-state index contributed by atoms with van der Waals surface area (Å²) in [6.45, 7) is 0. The molecule has 0 N–H and O–H groups in total. The van der Waals surface area contributed by atoms with Gasteiger partial charge in [0.05, 0.1) is 37.1 Å². The molecule has 1 aromatic heterocycles. The molecule has 130 valence electrons. The average Bonchev–Trinajstić information content (AvgIpc) is 3.23. The van der Waals surface area contributed by atoms with Crippen molar-refractivity contribution in [1.82, 2.24) is 8.75 Å². The number of cyclic esters (lactones) is 2. The Kier molecular flexibility index (Phi) is 3.89. The highest BCUT2D eigenvalue weighted by Gasteiger charge is 2.36. The zero-order valence-corrected chi connectivity index (χ0v) is 14.6. The topological polar surface area (TPSA) is 87.6 Å². The van der Waals surface area contributed by atoms with Crippen LogP contribution in [0.2, 0.25) is 0 Å². The predicted octanol–water partition coefficient (Wildman–Crippen LogP) is 2.70. The number of hydrogen-bond acceptors (Lipinski definition) is 8. The molecular formula is C18H12N2O5S. The molecule has 0 saturated heterocycles. The van der Waals surface area contributed by atoms with Crippen molar-refractivity contribution in [2.24, 2.45) is 0 Å². The summed E-state index contributed by atoms with van der Waals surface area (Å²) >= 11 is 1.08. The first-order valence-corrected chi connectivity index (χ1v) is 8.31. The van der Waals surface area contributed by atoms with Crippen molar-refractivity contribution in [2.45, 2.75) is 0 Å². The van der Waals surface area contributed by atoms with Gasteiger partial charge in [0.2, 0.25) is 0 Å². The molecule has 0 aliphatic carbocycles. The summed E-state index contributed by atoms with van der Waals surface area (Å²) in [6.07, 6.45) is 0. The first-order chi connectivity index (χ1) is 12.6. The molecule has 0 radical (unpaired) electrons. The molecule has 8 heteroatoms. The first-order valence-electron chi connectivity index (χ1n) is 7.58. The Hall–Kier alpha value is -3.26. The second-order valence-electron chi connectivity index (χ2n) is 5.46. The summed E-state index contributed by atoms with van der Waals surface area (Å²) in [5.74, 6) is -0.448. The molecule has 0 bridgehead atoms. The van der Waals surface area contributed by atoms with Crippen LogP contribution in [-0.4, -0.2) is 34.9 Å². The molecule has 2 heterocycles. The lowest BCUT2D eigenvalue weighted by Gasteiger charge is -2.10. The number of methoxy groups -OCH3 is 2. The summed E-state index contributed by atoms with van der Waals surface area (Å²) < 4.78 is 23.7. The molecule has 0 fully saturated rings. The quantitative estimate of drug-likeness (QED) is 0.517. The van der Waals surface area contributed by atoms with Crippen LogP contribution in [0.3, 0.4) is 0 Å². The number of carbonyl (C=O) groups is 2. The molecule has 7 nitrogen and oxygen atoms in total. The maximum Gasteiger partial charge on any atom is 0.347 e. The van der Waals surface area contributed by atoms with Gasteiger partial charge in [-0.3, -0.25) is 0 Å². The second-order valence-corrected chi connectivity index (χ2v) is 5.99. The molecule has 0 spiro atoms. The maximum absolute atomic E-state index is 12.4. The van der Waals surface area contributed by atoms with E-state index in [4.69, 9.17) is 14.2 Å². The van der Waals surface area contributed by atoms with E-state index in [9.17, 15) is 9.59 Å². The Morgan fingerprint density at radius 1 is 0.885 bits per heavy atom. The fraction of sp³-hybridized carbons (Fsp3) is 0.111. The van der Waals surface area contributed by atoms with Gasteiger partial charge in [0.15, 0.2) is 0 Å². The molecule has 1 aliphatic rings. The molecule has 4 rings (SSSR count). The van der Waals surface area contributed by atoms with Gasteiger partial charge >= 0.3 is 11.9 Å². The van der Waals surface area contributed by atoms with Crippen molar-refractivity contribution >= 4 is 45.8 Å². The van der Waals surface area contributed by atoms with E-state index in [1.807, 2.05) is 0 Å². The van der Waals surface area contributed by atoms with Gasteiger partial charge in [-0.15, -0.1) is 0 Å². The van der Waals surface area contributed by atoms with Crippen molar-refractivity contribution in [3.8, 4) is 11.5 Å². The zero-order valence-electron chi connectivity index (χ0n) is 13.8. The van der Waals surface area contributed by atoms with Crippen LogP contribution in [0.4, 0.5) is 0 Å². The minimum Gasteiger partial charge on any atom is -0.497 e. The summed E-state index contributed by atoms with van der Waals surface area (Å²) in [4.78, 5) is 24.8. The number of rotatable bonds is 4. The second kappa shape index (κ2) is 6.23. The Balaban J connectivity index is 1.96. The molecule has 0 amide bonds. The van der Waals surface area contributed by atoms with Crippen molar-refractivity contribution in [1.29, 1.82) is 0 Å². The van der Waals surface area contributed by atoms with Crippen LogP contribution in [0, 0.1) is 0 Å². The van der Waals surface area contributed by atoms with Gasteiger partial charge in [-0.05, 0) is 29.8 Å². The molecule has 26 heavy (non-hydrogen) atoms. The third-order valence-electron chi connectivity index (χ3n) is 4.06. The van der Waals surface area contributed by atoms with Gasteiger partial charge in [0, 0.05) is 11.6 Å². The van der Waals surface area contributed by atoms with Crippen LogP contribution in [0.25, 0.3) is 22.2 Å². The lowest BCUT2D eigenvalue weighted by Crippen LogP contribution is -2.02. The van der Waals surface area contributed by atoms with E-state index in [0.29, 0.717) is 28.1 Å². The molecule has 1 aliphatic heterocycles. The van der Waals surface area contributed by atoms with Crippen LogP contribution >= 0.6 is 11.7 Å². The first kappa shape index (κ1) is 16.2. The largest absolute Gasteiger partial charge is 0.497 e. The van der Waals surface area contributed by atoms with Crippen molar-refractivity contribution < 1.29 is 23.8 Å². The fourth-order valence-corrected chi connectivity index (χ4v) is 3.36. The minimum absolute atomic E-state index is 0.150. The number of hydrogen-bond donors (Lipinski definition) is 0. The number of esters is 2. The zero-order chi connectivity index (χ0) is 18.3. The molecule has 3 aromatic rings. The number of benzene rings is 2. The Bertz CT molecular complexity index is 1090. The summed E-state index contributed by atoms with van der Waals surface area (Å²) in [5, 5.41) is 0. The summed E-state index contributed by atoms with van der Waals surface area (Å²) in [6, 6.07) is 10.2. The van der Waals surface area contributed by atoms with Crippen molar-refractivity contribution in [3.63, 3.8) is 0 Å². The number of nitrogens with zero attached hydrogens (tertiary/aromatic N) is 2. The van der Waals surface area contributed by atoms with Crippen LogP contribution in [0.5, 0.6) is 11.5 Å². The van der Waals surface area contributed by atoms with E-state index in [2.05, 4.69) is 8.75 Å². The molecule has 0 saturated carbocycles. The van der Waals surface area contributed by atoms with E-state index in [1.165, 1.54) is 14.2 Å².